The van der Waals surface area contributed by atoms with E-state index in [-0.39, 0.29) is 5.91 Å². The predicted molar refractivity (Wildman–Crippen MR) is 149 cm³/mol. The first-order valence-electron chi connectivity index (χ1n) is 13.0. The third-order valence-corrected chi connectivity index (χ3v) is 8.24. The van der Waals surface area contributed by atoms with Crippen molar-refractivity contribution in [3.63, 3.8) is 0 Å². The monoisotopic (exact) mass is 496 g/mol. The number of hydrogen-bond donors (Lipinski definition) is 0. The van der Waals surface area contributed by atoms with Gasteiger partial charge in [0.25, 0.3) is 0 Å². The molecule has 0 bridgehead atoms. The number of hydrogen-bond acceptors (Lipinski definition) is 2. The Hall–Kier alpha value is -3.06. The van der Waals surface area contributed by atoms with Crippen LogP contribution in [-0.4, -0.2) is 30.9 Å². The standard InChI is InChI=1S/C32H33ClN2O/c1-34(30-15-11-28(12-16-30)27-9-13-29(33)14-10-27)31(36)17-8-25-4-6-26(7-5-25)24-35-22-20-32(21-23-35)18-2-3-19-32/h4-7,9-16H,2-3,18-24H2,1H3. The molecule has 0 aromatic heterocycles. The van der Waals surface area contributed by atoms with E-state index in [9.17, 15) is 4.79 Å². The molecule has 1 spiro atoms. The van der Waals surface area contributed by atoms with Gasteiger partial charge in [0.15, 0.2) is 0 Å². The lowest BCUT2D eigenvalue weighted by atomic mass is 9.77. The molecule has 1 aliphatic carbocycles. The molecule has 1 aliphatic heterocycles. The number of rotatable bonds is 4. The summed E-state index contributed by atoms with van der Waals surface area (Å²) in [7, 11) is 1.76. The van der Waals surface area contributed by atoms with Crippen LogP contribution < -0.4 is 4.90 Å². The zero-order valence-corrected chi connectivity index (χ0v) is 21.7. The summed E-state index contributed by atoms with van der Waals surface area (Å²) < 4.78 is 0. The van der Waals surface area contributed by atoms with Gasteiger partial charge in [-0.25, -0.2) is 0 Å². The fourth-order valence-corrected chi connectivity index (χ4v) is 5.73. The van der Waals surface area contributed by atoms with Crippen molar-refractivity contribution in [3.05, 3.63) is 88.9 Å². The summed E-state index contributed by atoms with van der Waals surface area (Å²) in [6.07, 6.45) is 8.45. The van der Waals surface area contributed by atoms with Crippen LogP contribution >= 0.6 is 11.6 Å². The fourth-order valence-electron chi connectivity index (χ4n) is 5.61. The maximum absolute atomic E-state index is 12.7. The molecule has 1 saturated carbocycles. The number of carbonyl (C=O) groups excluding carboxylic acids is 1. The summed E-state index contributed by atoms with van der Waals surface area (Å²) in [5.41, 5.74) is 5.80. The van der Waals surface area contributed by atoms with Crippen LogP contribution in [0.15, 0.2) is 72.8 Å². The minimum atomic E-state index is -0.229. The Morgan fingerprint density at radius 1 is 0.861 bits per heavy atom. The Kier molecular flexibility index (Phi) is 7.46. The number of halogens is 1. The number of piperidine rings is 1. The van der Waals surface area contributed by atoms with Crippen LogP contribution in [-0.2, 0) is 11.3 Å². The summed E-state index contributed by atoms with van der Waals surface area (Å²) in [6.45, 7) is 3.42. The molecule has 36 heavy (non-hydrogen) atoms. The molecule has 2 aliphatic rings. The molecule has 184 valence electrons. The Morgan fingerprint density at radius 2 is 1.44 bits per heavy atom. The van der Waals surface area contributed by atoms with Crippen LogP contribution in [0.3, 0.4) is 0 Å². The molecule has 5 rings (SSSR count). The van der Waals surface area contributed by atoms with Crippen LogP contribution in [0.1, 0.15) is 49.7 Å². The topological polar surface area (TPSA) is 23.6 Å². The van der Waals surface area contributed by atoms with E-state index in [4.69, 9.17) is 11.6 Å². The van der Waals surface area contributed by atoms with Gasteiger partial charge in [0.1, 0.15) is 0 Å². The largest absolute Gasteiger partial charge is 0.305 e. The first kappa shape index (κ1) is 24.6. The number of anilines is 1. The third-order valence-electron chi connectivity index (χ3n) is 7.99. The van der Waals surface area contributed by atoms with Crippen molar-refractivity contribution >= 4 is 23.2 Å². The molecule has 3 aromatic rings. The molecule has 0 radical (unpaired) electrons. The minimum Gasteiger partial charge on any atom is -0.305 e. The number of benzene rings is 3. The number of carbonyl (C=O) groups is 1. The van der Waals surface area contributed by atoms with Crippen molar-refractivity contribution in [2.24, 2.45) is 5.41 Å². The summed E-state index contributed by atoms with van der Waals surface area (Å²) in [5.74, 6) is 5.60. The lowest BCUT2D eigenvalue weighted by molar-refractivity contribution is -0.113. The van der Waals surface area contributed by atoms with Gasteiger partial charge < -0.3 is 4.90 Å². The summed E-state index contributed by atoms with van der Waals surface area (Å²) in [4.78, 5) is 16.8. The van der Waals surface area contributed by atoms with Gasteiger partial charge in [-0.15, -0.1) is 0 Å². The molecule has 3 nitrogen and oxygen atoms in total. The maximum Gasteiger partial charge on any atom is 0.302 e. The average molecular weight is 497 g/mol. The van der Waals surface area contributed by atoms with Gasteiger partial charge in [-0.05, 0) is 97.3 Å². The number of nitrogens with zero attached hydrogens (tertiary/aromatic N) is 2. The Balaban J connectivity index is 1.15. The van der Waals surface area contributed by atoms with E-state index < -0.39 is 0 Å². The quantitative estimate of drug-likeness (QED) is 0.357. The second-order valence-corrected chi connectivity index (χ2v) is 10.8. The molecule has 0 atom stereocenters. The molecule has 0 N–H and O–H groups in total. The Bertz CT molecular complexity index is 1240. The highest BCUT2D eigenvalue weighted by Gasteiger charge is 2.36. The molecule has 1 saturated heterocycles. The summed E-state index contributed by atoms with van der Waals surface area (Å²) in [6, 6.07) is 24.0. The highest BCUT2D eigenvalue weighted by Crippen LogP contribution is 2.46. The van der Waals surface area contributed by atoms with Gasteiger partial charge in [0, 0.05) is 35.8 Å². The van der Waals surface area contributed by atoms with E-state index in [2.05, 4.69) is 28.9 Å². The van der Waals surface area contributed by atoms with E-state index in [0.29, 0.717) is 10.4 Å². The van der Waals surface area contributed by atoms with Crippen molar-refractivity contribution in [1.29, 1.82) is 0 Å². The highest BCUT2D eigenvalue weighted by molar-refractivity contribution is 6.30. The van der Waals surface area contributed by atoms with Crippen LogP contribution in [0, 0.1) is 17.3 Å². The van der Waals surface area contributed by atoms with Crippen molar-refractivity contribution in [2.45, 2.75) is 45.1 Å². The normalized spacial score (nSPS) is 16.9. The van der Waals surface area contributed by atoms with Crippen molar-refractivity contribution in [1.82, 2.24) is 4.90 Å². The Morgan fingerprint density at radius 3 is 2.06 bits per heavy atom. The smallest absolute Gasteiger partial charge is 0.302 e. The zero-order valence-electron chi connectivity index (χ0n) is 21.0. The van der Waals surface area contributed by atoms with E-state index in [1.165, 1.54) is 57.2 Å². The van der Waals surface area contributed by atoms with Gasteiger partial charge in [-0.1, -0.05) is 66.8 Å². The molecule has 3 aromatic carbocycles. The van der Waals surface area contributed by atoms with Crippen LogP contribution in [0.4, 0.5) is 5.69 Å². The van der Waals surface area contributed by atoms with E-state index in [0.717, 1.165) is 28.9 Å². The summed E-state index contributed by atoms with van der Waals surface area (Å²) >= 11 is 5.98. The van der Waals surface area contributed by atoms with Crippen molar-refractivity contribution < 1.29 is 4.79 Å². The van der Waals surface area contributed by atoms with Crippen LogP contribution in [0.2, 0.25) is 5.02 Å². The molecule has 2 fully saturated rings. The molecule has 1 heterocycles. The molecule has 1 amide bonds. The van der Waals surface area contributed by atoms with Crippen molar-refractivity contribution in [3.8, 4) is 23.0 Å². The second-order valence-electron chi connectivity index (χ2n) is 10.3. The highest BCUT2D eigenvalue weighted by atomic mass is 35.5. The van der Waals surface area contributed by atoms with E-state index in [1.807, 2.05) is 60.7 Å². The van der Waals surface area contributed by atoms with E-state index in [1.54, 1.807) is 11.9 Å². The summed E-state index contributed by atoms with van der Waals surface area (Å²) in [5, 5.41) is 0.716. The molecule has 4 heteroatoms. The lowest BCUT2D eigenvalue weighted by Crippen LogP contribution is -2.38. The zero-order chi connectivity index (χ0) is 25.0. The fraction of sp³-hybridized carbons (Fsp3) is 0.344. The number of amides is 1. The van der Waals surface area contributed by atoms with Gasteiger partial charge in [0.05, 0.1) is 0 Å². The SMILES string of the molecule is CN(C(=O)C#Cc1ccc(CN2CCC3(CCCC3)CC2)cc1)c1ccc(-c2ccc(Cl)cc2)cc1. The van der Waals surface area contributed by atoms with Crippen molar-refractivity contribution in [2.75, 3.05) is 25.0 Å². The molecular formula is C32H33ClN2O. The molecular weight excluding hydrogens is 464 g/mol. The van der Waals surface area contributed by atoms with Crippen LogP contribution in [0.5, 0.6) is 0 Å². The van der Waals surface area contributed by atoms with Gasteiger partial charge in [-0.2, -0.15) is 0 Å². The first-order valence-corrected chi connectivity index (χ1v) is 13.3. The maximum atomic E-state index is 12.7. The minimum absolute atomic E-state index is 0.229. The number of likely N-dealkylation sites (tertiary alicyclic amines) is 1. The lowest BCUT2D eigenvalue weighted by Gasteiger charge is -2.39. The van der Waals surface area contributed by atoms with Crippen LogP contribution in [0.25, 0.3) is 11.1 Å². The Labute approximate surface area is 220 Å². The van der Waals surface area contributed by atoms with Gasteiger partial charge >= 0.3 is 5.91 Å². The van der Waals surface area contributed by atoms with Gasteiger partial charge in [-0.3, -0.25) is 9.69 Å². The first-order chi connectivity index (χ1) is 17.5. The van der Waals surface area contributed by atoms with Gasteiger partial charge in [0.2, 0.25) is 0 Å². The predicted octanol–water partition coefficient (Wildman–Crippen LogP) is 7.18. The molecule has 0 unspecified atom stereocenters. The second kappa shape index (κ2) is 10.9. The van der Waals surface area contributed by atoms with E-state index >= 15 is 0 Å². The third kappa shape index (κ3) is 5.84. The average Bonchev–Trinajstić information content (AvgIpc) is 3.37.